The van der Waals surface area contributed by atoms with E-state index in [9.17, 15) is 9.18 Å². The summed E-state index contributed by atoms with van der Waals surface area (Å²) < 4.78 is 18.7. The van der Waals surface area contributed by atoms with Crippen LogP contribution in [0.25, 0.3) is 0 Å². The molecule has 1 fully saturated rings. The maximum absolute atomic E-state index is 13.2. The number of hydrogen-bond donors (Lipinski definition) is 3. The Morgan fingerprint density at radius 3 is 2.84 bits per heavy atom. The molecule has 0 spiro atoms. The van der Waals surface area contributed by atoms with Gasteiger partial charge in [0.05, 0.1) is 19.3 Å². The van der Waals surface area contributed by atoms with E-state index in [0.717, 1.165) is 30.9 Å². The summed E-state index contributed by atoms with van der Waals surface area (Å²) in [5, 5.41) is 9.62. The molecule has 0 aromatic heterocycles. The summed E-state index contributed by atoms with van der Waals surface area (Å²) in [7, 11) is 3.28. The molecule has 3 N–H and O–H groups in total. The Morgan fingerprint density at radius 1 is 1.32 bits per heavy atom. The Hall–Kier alpha value is -2.27. The minimum absolute atomic E-state index is 0. The number of aliphatic imine (C=N–C) groups is 1. The van der Waals surface area contributed by atoms with Gasteiger partial charge in [-0.25, -0.2) is 4.39 Å². The molecule has 1 aliphatic heterocycles. The van der Waals surface area contributed by atoms with Crippen LogP contribution in [-0.4, -0.2) is 51.7 Å². The van der Waals surface area contributed by atoms with Crippen LogP contribution in [0.5, 0.6) is 5.75 Å². The smallest absolute Gasteiger partial charge is 0.243 e. The summed E-state index contributed by atoms with van der Waals surface area (Å²) in [5.41, 5.74) is 1.36. The number of benzene rings is 2. The van der Waals surface area contributed by atoms with Gasteiger partial charge in [0.25, 0.3) is 0 Å². The van der Waals surface area contributed by atoms with Crippen molar-refractivity contribution in [2.45, 2.75) is 12.5 Å². The molecule has 2 aromatic rings. The number of guanidine groups is 1. The van der Waals surface area contributed by atoms with Gasteiger partial charge in [-0.2, -0.15) is 0 Å². The lowest BCUT2D eigenvalue weighted by Crippen LogP contribution is -2.46. The molecule has 2 aromatic carbocycles. The normalized spacial score (nSPS) is 15.8. The van der Waals surface area contributed by atoms with E-state index in [4.69, 9.17) is 16.3 Å². The van der Waals surface area contributed by atoms with Crippen LogP contribution in [0.1, 0.15) is 6.42 Å². The number of nitrogens with zero attached hydrogens (tertiary/aromatic N) is 2. The predicted molar refractivity (Wildman–Crippen MR) is 134 cm³/mol. The molecule has 10 heteroatoms. The topological polar surface area (TPSA) is 78.0 Å². The van der Waals surface area contributed by atoms with Crippen LogP contribution in [0.3, 0.4) is 0 Å². The van der Waals surface area contributed by atoms with Gasteiger partial charge in [-0.05, 0) is 42.8 Å². The van der Waals surface area contributed by atoms with Gasteiger partial charge >= 0.3 is 0 Å². The number of carbonyl (C=O) groups excluding carboxylic acids is 1. The molecule has 1 atom stereocenters. The van der Waals surface area contributed by atoms with E-state index < -0.39 is 5.82 Å². The number of rotatable bonds is 6. The Balaban J connectivity index is 0.00000341. The van der Waals surface area contributed by atoms with Gasteiger partial charge in [0, 0.05) is 36.9 Å². The number of amides is 1. The minimum Gasteiger partial charge on any atom is -0.495 e. The van der Waals surface area contributed by atoms with Crippen molar-refractivity contribution in [3.63, 3.8) is 0 Å². The fourth-order valence-corrected chi connectivity index (χ4v) is 3.50. The molecule has 1 unspecified atom stereocenters. The number of methoxy groups -OCH3 is 1. The van der Waals surface area contributed by atoms with Gasteiger partial charge in [0.15, 0.2) is 5.96 Å². The highest BCUT2D eigenvalue weighted by atomic mass is 127. The van der Waals surface area contributed by atoms with Crippen LogP contribution in [0.2, 0.25) is 5.02 Å². The minimum atomic E-state index is -0.402. The zero-order chi connectivity index (χ0) is 21.5. The van der Waals surface area contributed by atoms with Crippen LogP contribution in [0.4, 0.5) is 15.8 Å². The van der Waals surface area contributed by atoms with E-state index in [-0.39, 0.29) is 42.5 Å². The van der Waals surface area contributed by atoms with Crippen molar-refractivity contribution in [1.82, 2.24) is 10.6 Å². The zero-order valence-corrected chi connectivity index (χ0v) is 20.4. The van der Waals surface area contributed by atoms with Gasteiger partial charge in [0.2, 0.25) is 5.91 Å². The zero-order valence-electron chi connectivity index (χ0n) is 17.3. The molecule has 0 aliphatic carbocycles. The van der Waals surface area contributed by atoms with Gasteiger partial charge in [-0.3, -0.25) is 9.79 Å². The summed E-state index contributed by atoms with van der Waals surface area (Å²) in [5.74, 6) is 0.603. The number of ether oxygens (including phenoxy) is 1. The van der Waals surface area contributed by atoms with Crippen LogP contribution >= 0.6 is 35.6 Å². The molecule has 1 heterocycles. The molecule has 168 valence electrons. The lowest BCUT2D eigenvalue weighted by Gasteiger charge is -2.22. The standard InChI is InChI=1S/C21H25ClFN5O2.HI/c1-24-21(25-12-20(29)26-16-5-3-4-15(23)11-16)27-17-8-9-28(13-17)18-10-14(22)6-7-19(18)30-2;/h3-7,10-11,17H,8-9,12-13H2,1-2H3,(H,26,29)(H2,24,25,27);1H. The molecular weight excluding hydrogens is 536 g/mol. The Bertz CT molecular complexity index is 930. The quantitative estimate of drug-likeness (QED) is 0.286. The van der Waals surface area contributed by atoms with Crippen LogP contribution < -0.4 is 25.6 Å². The molecule has 0 bridgehead atoms. The molecule has 31 heavy (non-hydrogen) atoms. The number of anilines is 2. The first-order valence-electron chi connectivity index (χ1n) is 9.59. The third-order valence-electron chi connectivity index (χ3n) is 4.76. The summed E-state index contributed by atoms with van der Waals surface area (Å²) in [6, 6.07) is 11.5. The third kappa shape index (κ3) is 7.13. The Morgan fingerprint density at radius 2 is 2.13 bits per heavy atom. The monoisotopic (exact) mass is 561 g/mol. The predicted octanol–water partition coefficient (Wildman–Crippen LogP) is 3.49. The molecule has 0 saturated carbocycles. The second kappa shape index (κ2) is 11.9. The first-order chi connectivity index (χ1) is 14.5. The van der Waals surface area contributed by atoms with Gasteiger partial charge in [0.1, 0.15) is 11.6 Å². The van der Waals surface area contributed by atoms with E-state index in [1.807, 2.05) is 12.1 Å². The van der Waals surface area contributed by atoms with Crippen molar-refractivity contribution < 1.29 is 13.9 Å². The highest BCUT2D eigenvalue weighted by Crippen LogP contribution is 2.33. The van der Waals surface area contributed by atoms with Crippen LogP contribution in [-0.2, 0) is 4.79 Å². The summed E-state index contributed by atoms with van der Waals surface area (Å²) in [6.07, 6.45) is 0.895. The molecule has 1 saturated heterocycles. The largest absolute Gasteiger partial charge is 0.495 e. The molecule has 0 radical (unpaired) electrons. The lowest BCUT2D eigenvalue weighted by atomic mass is 10.2. The maximum atomic E-state index is 13.2. The van der Waals surface area contributed by atoms with Gasteiger partial charge in [-0.15, -0.1) is 24.0 Å². The number of hydrogen-bond acceptors (Lipinski definition) is 4. The van der Waals surface area contributed by atoms with E-state index in [2.05, 4.69) is 25.8 Å². The van der Waals surface area contributed by atoms with E-state index in [1.165, 1.54) is 12.1 Å². The van der Waals surface area contributed by atoms with Gasteiger partial charge < -0.3 is 25.6 Å². The fraction of sp³-hybridized carbons (Fsp3) is 0.333. The second-order valence-electron chi connectivity index (χ2n) is 6.88. The maximum Gasteiger partial charge on any atom is 0.243 e. The van der Waals surface area contributed by atoms with Gasteiger partial charge in [-0.1, -0.05) is 17.7 Å². The number of carbonyl (C=O) groups is 1. The number of nitrogens with one attached hydrogen (secondary N) is 3. The Labute approximate surface area is 203 Å². The van der Waals surface area contributed by atoms with Crippen molar-refractivity contribution in [2.75, 3.05) is 44.0 Å². The lowest BCUT2D eigenvalue weighted by molar-refractivity contribution is -0.115. The van der Waals surface area contributed by atoms with Crippen molar-refractivity contribution in [3.8, 4) is 5.75 Å². The van der Waals surface area contributed by atoms with Crippen molar-refractivity contribution in [2.24, 2.45) is 4.99 Å². The van der Waals surface area contributed by atoms with Crippen molar-refractivity contribution in [1.29, 1.82) is 0 Å². The van der Waals surface area contributed by atoms with Crippen LogP contribution in [0.15, 0.2) is 47.5 Å². The van der Waals surface area contributed by atoms with Crippen molar-refractivity contribution >= 4 is 58.8 Å². The van der Waals surface area contributed by atoms with E-state index >= 15 is 0 Å². The molecule has 7 nitrogen and oxygen atoms in total. The first-order valence-corrected chi connectivity index (χ1v) is 9.97. The average molecular weight is 562 g/mol. The summed E-state index contributed by atoms with van der Waals surface area (Å²) in [4.78, 5) is 18.5. The van der Waals surface area contributed by atoms with E-state index in [1.54, 1.807) is 32.4 Å². The second-order valence-corrected chi connectivity index (χ2v) is 7.31. The highest BCUT2D eigenvalue weighted by Gasteiger charge is 2.25. The first kappa shape index (κ1) is 25.0. The highest BCUT2D eigenvalue weighted by molar-refractivity contribution is 14.0. The van der Waals surface area contributed by atoms with Crippen LogP contribution in [0, 0.1) is 5.82 Å². The molecule has 1 aliphatic rings. The fourth-order valence-electron chi connectivity index (χ4n) is 3.33. The SMILES string of the molecule is CN=C(NCC(=O)Nc1cccc(F)c1)NC1CCN(c2cc(Cl)ccc2OC)C1.I. The Kier molecular flexibility index (Phi) is 9.63. The molecule has 1 amide bonds. The summed E-state index contributed by atoms with van der Waals surface area (Å²) >= 11 is 6.15. The van der Waals surface area contributed by atoms with Crippen molar-refractivity contribution in [3.05, 3.63) is 53.3 Å². The third-order valence-corrected chi connectivity index (χ3v) is 4.99. The average Bonchev–Trinajstić information content (AvgIpc) is 3.19. The summed E-state index contributed by atoms with van der Waals surface area (Å²) in [6.45, 7) is 1.59. The molecular formula is C21H26ClFIN5O2. The number of halogens is 3. The van der Waals surface area contributed by atoms with E-state index in [0.29, 0.717) is 16.7 Å². The molecule has 3 rings (SSSR count).